The van der Waals surface area contributed by atoms with Crippen molar-refractivity contribution in [2.45, 2.75) is 37.5 Å². The zero-order valence-electron chi connectivity index (χ0n) is 19.8. The van der Waals surface area contributed by atoms with E-state index in [-0.39, 0.29) is 11.7 Å². The second-order valence-electron chi connectivity index (χ2n) is 9.07. The van der Waals surface area contributed by atoms with Crippen LogP contribution in [0.3, 0.4) is 0 Å². The first kappa shape index (κ1) is 23.9. The fraction of sp³-hybridized carbons (Fsp3) is 0.308. The van der Waals surface area contributed by atoms with Gasteiger partial charge in [0.25, 0.3) is 5.91 Å². The average Bonchev–Trinajstić information content (AvgIpc) is 3.38. The molecule has 2 aliphatic rings. The number of hydrogen-bond donors (Lipinski definition) is 4. The van der Waals surface area contributed by atoms with Gasteiger partial charge >= 0.3 is 5.97 Å². The Morgan fingerprint density at radius 3 is 2.61 bits per heavy atom. The predicted molar refractivity (Wildman–Crippen MR) is 136 cm³/mol. The van der Waals surface area contributed by atoms with Crippen LogP contribution in [0.2, 0.25) is 0 Å². The van der Waals surface area contributed by atoms with Gasteiger partial charge in [-0.1, -0.05) is 36.4 Å². The van der Waals surface area contributed by atoms with Gasteiger partial charge in [-0.3, -0.25) is 14.4 Å². The maximum Gasteiger partial charge on any atom is 0.327 e. The molecule has 0 spiro atoms. The van der Waals surface area contributed by atoms with E-state index >= 15 is 0 Å². The molecule has 5 rings (SSSR count). The maximum absolute atomic E-state index is 13.5. The number of rotatable bonds is 7. The lowest BCUT2D eigenvalue weighted by atomic mass is 9.90. The Morgan fingerprint density at radius 2 is 1.86 bits per heavy atom. The number of aromatic amines is 1. The van der Waals surface area contributed by atoms with Crippen LogP contribution in [0.5, 0.6) is 0 Å². The summed E-state index contributed by atoms with van der Waals surface area (Å²) in [7, 11) is 0. The first-order valence-corrected chi connectivity index (χ1v) is 13.0. The third-order valence-electron chi connectivity index (χ3n) is 6.85. The summed E-state index contributed by atoms with van der Waals surface area (Å²) in [6.45, 7) is 1.50. The number of nitrogens with one attached hydrogen (secondary N) is 3. The van der Waals surface area contributed by atoms with Crippen molar-refractivity contribution < 1.29 is 24.3 Å². The number of carboxylic acid groups (broad SMARTS) is 1. The fourth-order valence-electron chi connectivity index (χ4n) is 5.15. The van der Waals surface area contributed by atoms with Crippen LogP contribution in [0, 0.1) is 0 Å². The molecule has 36 heavy (non-hydrogen) atoms. The second kappa shape index (κ2) is 9.34. The van der Waals surface area contributed by atoms with Gasteiger partial charge in [0, 0.05) is 34.3 Å². The topological polar surface area (TPSA) is 132 Å². The molecule has 9 nitrogen and oxygen atoms in total. The SMILES string of the molecule is CSCC(NC(=O)C(C)NC(=O)C1Cc2c([nH]c3ccccc23)C2c3ccccc3C(=O)N12)C(=O)O. The summed E-state index contributed by atoms with van der Waals surface area (Å²) in [6, 6.07) is 11.9. The van der Waals surface area contributed by atoms with E-state index < -0.39 is 42.0 Å². The Kier molecular flexibility index (Phi) is 6.21. The summed E-state index contributed by atoms with van der Waals surface area (Å²) in [5.41, 5.74) is 4.19. The van der Waals surface area contributed by atoms with Crippen molar-refractivity contribution in [1.82, 2.24) is 20.5 Å². The highest BCUT2D eigenvalue weighted by Gasteiger charge is 2.49. The van der Waals surface area contributed by atoms with Crippen molar-refractivity contribution in [3.8, 4) is 0 Å². The molecule has 0 fully saturated rings. The van der Waals surface area contributed by atoms with Gasteiger partial charge in [0.15, 0.2) is 0 Å². The van der Waals surface area contributed by atoms with E-state index in [1.165, 1.54) is 18.7 Å². The van der Waals surface area contributed by atoms with Gasteiger partial charge in [-0.25, -0.2) is 4.79 Å². The largest absolute Gasteiger partial charge is 0.480 e. The minimum Gasteiger partial charge on any atom is -0.480 e. The van der Waals surface area contributed by atoms with Crippen molar-refractivity contribution in [2.75, 3.05) is 12.0 Å². The van der Waals surface area contributed by atoms with Crippen LogP contribution < -0.4 is 10.6 Å². The van der Waals surface area contributed by atoms with Crippen LogP contribution in [-0.2, 0) is 20.8 Å². The van der Waals surface area contributed by atoms with Gasteiger partial charge in [0.1, 0.15) is 18.1 Å². The van der Waals surface area contributed by atoms with E-state index in [4.69, 9.17) is 0 Å². The molecular formula is C26H26N4O5S. The number of amides is 3. The van der Waals surface area contributed by atoms with Gasteiger partial charge < -0.3 is 25.6 Å². The standard InChI is InChI=1S/C26H26N4O5S/c1-13(23(31)29-19(12-36-2)26(34)35)27-24(32)20-11-17-14-7-5-6-10-18(14)28-21(17)22-15-8-3-4-9-16(15)25(33)30(20)22/h3-10,13,19-20,22,28H,11-12H2,1-2H3,(H,27,32)(H,29,31)(H,34,35). The molecule has 4 unspecified atom stereocenters. The van der Waals surface area contributed by atoms with Crippen LogP contribution in [0.4, 0.5) is 0 Å². The molecular weight excluding hydrogens is 480 g/mol. The smallest absolute Gasteiger partial charge is 0.327 e. The third kappa shape index (κ3) is 3.91. The Labute approximate surface area is 211 Å². The molecule has 0 aliphatic carbocycles. The molecule has 0 saturated heterocycles. The van der Waals surface area contributed by atoms with Gasteiger partial charge in [-0.05, 0) is 36.4 Å². The number of aromatic nitrogens is 1. The highest BCUT2D eigenvalue weighted by molar-refractivity contribution is 7.98. The number of fused-ring (bicyclic) bond motifs is 7. The minimum absolute atomic E-state index is 0.204. The number of carbonyl (C=O) groups is 4. The van der Waals surface area contributed by atoms with Crippen LogP contribution in [0.1, 0.15) is 40.1 Å². The Morgan fingerprint density at radius 1 is 1.14 bits per heavy atom. The van der Waals surface area contributed by atoms with E-state index in [2.05, 4.69) is 15.6 Å². The molecule has 4 N–H and O–H groups in total. The van der Waals surface area contributed by atoms with Crippen molar-refractivity contribution in [3.63, 3.8) is 0 Å². The Balaban J connectivity index is 1.46. The predicted octanol–water partition coefficient (Wildman–Crippen LogP) is 2.07. The molecule has 2 aromatic carbocycles. The van der Waals surface area contributed by atoms with Crippen molar-refractivity contribution in [1.29, 1.82) is 0 Å². The average molecular weight is 507 g/mol. The van der Waals surface area contributed by atoms with Gasteiger partial charge in [-0.2, -0.15) is 11.8 Å². The lowest BCUT2D eigenvalue weighted by Crippen LogP contribution is -2.57. The lowest BCUT2D eigenvalue weighted by molar-refractivity contribution is -0.141. The normalized spacial score (nSPS) is 19.7. The number of H-pyrrole nitrogens is 1. The Bertz CT molecular complexity index is 1390. The summed E-state index contributed by atoms with van der Waals surface area (Å²) in [5, 5.41) is 15.5. The quantitative estimate of drug-likeness (QED) is 0.388. The van der Waals surface area contributed by atoms with E-state index in [0.717, 1.165) is 27.7 Å². The van der Waals surface area contributed by atoms with Crippen molar-refractivity contribution >= 4 is 46.4 Å². The van der Waals surface area contributed by atoms with Crippen LogP contribution in [0.25, 0.3) is 10.9 Å². The molecule has 3 heterocycles. The first-order chi connectivity index (χ1) is 17.3. The molecule has 0 saturated carbocycles. The monoisotopic (exact) mass is 506 g/mol. The van der Waals surface area contributed by atoms with Crippen LogP contribution in [0.15, 0.2) is 48.5 Å². The number of carbonyl (C=O) groups excluding carboxylic acids is 3. The number of carboxylic acids is 1. The van der Waals surface area contributed by atoms with Crippen LogP contribution >= 0.6 is 11.8 Å². The van der Waals surface area contributed by atoms with E-state index in [0.29, 0.717) is 12.0 Å². The number of benzene rings is 2. The highest BCUT2D eigenvalue weighted by atomic mass is 32.2. The number of para-hydroxylation sites is 1. The van der Waals surface area contributed by atoms with Crippen LogP contribution in [-0.4, -0.2) is 68.8 Å². The molecule has 1 aromatic heterocycles. The number of aliphatic carboxylic acids is 1. The minimum atomic E-state index is -1.14. The number of nitrogens with zero attached hydrogens (tertiary/aromatic N) is 1. The van der Waals surface area contributed by atoms with E-state index in [1.54, 1.807) is 23.3 Å². The van der Waals surface area contributed by atoms with E-state index in [9.17, 15) is 24.3 Å². The molecule has 0 radical (unpaired) electrons. The molecule has 186 valence electrons. The number of hydrogen-bond acceptors (Lipinski definition) is 5. The highest BCUT2D eigenvalue weighted by Crippen LogP contribution is 2.46. The summed E-state index contributed by atoms with van der Waals surface area (Å²) in [5.74, 6) is -2.23. The molecule has 3 amide bonds. The molecule has 2 aliphatic heterocycles. The summed E-state index contributed by atoms with van der Waals surface area (Å²) in [4.78, 5) is 56.2. The maximum atomic E-state index is 13.5. The first-order valence-electron chi connectivity index (χ1n) is 11.6. The summed E-state index contributed by atoms with van der Waals surface area (Å²) in [6.07, 6.45) is 2.04. The molecule has 3 aromatic rings. The van der Waals surface area contributed by atoms with Gasteiger partial charge in [-0.15, -0.1) is 0 Å². The van der Waals surface area contributed by atoms with Gasteiger partial charge in [0.05, 0.1) is 6.04 Å². The van der Waals surface area contributed by atoms with Crippen molar-refractivity contribution in [2.24, 2.45) is 0 Å². The van der Waals surface area contributed by atoms with E-state index in [1.807, 2.05) is 36.4 Å². The second-order valence-corrected chi connectivity index (χ2v) is 9.98. The summed E-state index contributed by atoms with van der Waals surface area (Å²) < 4.78 is 0. The number of thioether (sulfide) groups is 1. The lowest BCUT2D eigenvalue weighted by Gasteiger charge is -2.37. The fourth-order valence-corrected chi connectivity index (χ4v) is 5.71. The van der Waals surface area contributed by atoms with Crippen molar-refractivity contribution in [3.05, 3.63) is 70.9 Å². The molecule has 4 atom stereocenters. The summed E-state index contributed by atoms with van der Waals surface area (Å²) >= 11 is 1.30. The zero-order chi connectivity index (χ0) is 25.6. The Hall–Kier alpha value is -3.79. The van der Waals surface area contributed by atoms with Gasteiger partial charge in [0.2, 0.25) is 11.8 Å². The third-order valence-corrected chi connectivity index (χ3v) is 7.52. The molecule has 10 heteroatoms. The molecule has 0 bridgehead atoms. The zero-order valence-corrected chi connectivity index (χ0v) is 20.6.